The van der Waals surface area contributed by atoms with Gasteiger partial charge in [-0.05, 0) is 71.8 Å². The first-order valence-corrected chi connectivity index (χ1v) is 11.1. The molecule has 0 atom stereocenters. The smallest absolute Gasteiger partial charge is 0.321 e. The molecule has 0 fully saturated rings. The highest BCUT2D eigenvalue weighted by molar-refractivity contribution is 7.60. The van der Waals surface area contributed by atoms with Gasteiger partial charge >= 0.3 is 7.60 Å². The fourth-order valence-electron chi connectivity index (χ4n) is 3.89. The van der Waals surface area contributed by atoms with Crippen molar-refractivity contribution < 1.29 is 23.1 Å². The summed E-state index contributed by atoms with van der Waals surface area (Å²) in [6.45, 7) is 0. The van der Waals surface area contributed by atoms with Crippen LogP contribution in [0.15, 0.2) is 84.9 Å². The monoisotopic (exact) mass is 435 g/mol. The second-order valence-electron chi connectivity index (χ2n) is 7.30. The summed E-state index contributed by atoms with van der Waals surface area (Å²) in [6, 6.07) is 22.5. The highest BCUT2D eigenvalue weighted by Crippen LogP contribution is 2.35. The third-order valence-electron chi connectivity index (χ3n) is 5.35. The van der Waals surface area contributed by atoms with E-state index in [1.54, 1.807) is 24.3 Å². The van der Waals surface area contributed by atoms with Crippen LogP contribution in [0.3, 0.4) is 0 Å². The summed E-state index contributed by atoms with van der Waals surface area (Å²) in [5.41, 5.74) is 3.66. The van der Waals surface area contributed by atoms with Crippen LogP contribution in [-0.4, -0.2) is 14.4 Å². The minimum absolute atomic E-state index is 0.0396. The molecule has 5 aromatic rings. The van der Waals surface area contributed by atoms with E-state index in [-0.39, 0.29) is 16.9 Å². The number of halogens is 2. The Kier molecular flexibility index (Phi) is 4.52. The van der Waals surface area contributed by atoms with Gasteiger partial charge in [-0.3, -0.25) is 4.57 Å². The maximum absolute atomic E-state index is 14.0. The van der Waals surface area contributed by atoms with Crippen LogP contribution in [0.1, 0.15) is 0 Å². The van der Waals surface area contributed by atoms with Crippen LogP contribution in [0.2, 0.25) is 0 Å². The molecule has 0 radical (unpaired) electrons. The van der Waals surface area contributed by atoms with Crippen LogP contribution in [0.25, 0.3) is 38.6 Å². The molecule has 7 heteroatoms. The largest absolute Gasteiger partial charge is 0.356 e. The topological polar surface area (TPSA) is 62.5 Å². The standard InChI is InChI=1S/C24H16F2NO3P/c25-17-5-11-21-22-12-6-18(26)14-24(22)27(23(21)13-17)19-7-1-15(2-8-19)16-3-9-20(10-4-16)31(28,29)30/h1-14H,(H2,28,29,30). The van der Waals surface area contributed by atoms with Gasteiger partial charge in [-0.2, -0.15) is 0 Å². The van der Waals surface area contributed by atoms with Crippen molar-refractivity contribution in [2.75, 3.05) is 0 Å². The number of hydrogen-bond donors (Lipinski definition) is 2. The summed E-state index contributed by atoms with van der Waals surface area (Å²) in [6.07, 6.45) is 0. The van der Waals surface area contributed by atoms with Crippen LogP contribution in [0.5, 0.6) is 0 Å². The predicted octanol–water partition coefficient (Wildman–Crippen LogP) is 5.53. The summed E-state index contributed by atoms with van der Waals surface area (Å²) < 4.78 is 41.2. The summed E-state index contributed by atoms with van der Waals surface area (Å²) in [5.74, 6) is -0.752. The maximum atomic E-state index is 14.0. The van der Waals surface area contributed by atoms with Gasteiger partial charge in [0.05, 0.1) is 16.3 Å². The van der Waals surface area contributed by atoms with Crippen LogP contribution in [-0.2, 0) is 4.57 Å². The van der Waals surface area contributed by atoms with Gasteiger partial charge in [0.15, 0.2) is 0 Å². The molecule has 4 aromatic carbocycles. The summed E-state index contributed by atoms with van der Waals surface area (Å²) >= 11 is 0. The lowest BCUT2D eigenvalue weighted by atomic mass is 10.1. The highest BCUT2D eigenvalue weighted by atomic mass is 31.2. The third kappa shape index (κ3) is 3.45. The number of aromatic nitrogens is 1. The van der Waals surface area contributed by atoms with Gasteiger partial charge in [-0.25, -0.2) is 8.78 Å². The summed E-state index contributed by atoms with van der Waals surface area (Å²) in [5, 5.41) is 1.62. The van der Waals surface area contributed by atoms with E-state index in [9.17, 15) is 23.1 Å². The Hall–Kier alpha value is -3.31. The van der Waals surface area contributed by atoms with Crippen molar-refractivity contribution in [3.05, 3.63) is 96.6 Å². The second-order valence-corrected chi connectivity index (χ2v) is 8.90. The van der Waals surface area contributed by atoms with Gasteiger partial charge < -0.3 is 14.4 Å². The fraction of sp³-hybridized carbons (Fsp3) is 0. The fourth-order valence-corrected chi connectivity index (χ4v) is 4.43. The molecule has 5 rings (SSSR count). The van der Waals surface area contributed by atoms with Gasteiger partial charge in [0.1, 0.15) is 11.6 Å². The van der Waals surface area contributed by atoms with Crippen molar-refractivity contribution in [2.24, 2.45) is 0 Å². The van der Waals surface area contributed by atoms with Gasteiger partial charge in [-0.1, -0.05) is 24.3 Å². The molecule has 0 spiro atoms. The van der Waals surface area contributed by atoms with Crippen molar-refractivity contribution in [1.82, 2.24) is 4.57 Å². The number of benzene rings is 4. The molecule has 0 saturated heterocycles. The molecule has 154 valence electrons. The van der Waals surface area contributed by atoms with Gasteiger partial charge in [0.2, 0.25) is 0 Å². The van der Waals surface area contributed by atoms with E-state index in [1.807, 2.05) is 28.8 Å². The minimum atomic E-state index is -4.29. The Morgan fingerprint density at radius 1 is 0.645 bits per heavy atom. The SMILES string of the molecule is O=P(O)(O)c1ccc(-c2ccc(-n3c4cc(F)ccc4c4ccc(F)cc43)cc2)cc1. The molecule has 1 aromatic heterocycles. The minimum Gasteiger partial charge on any atom is -0.321 e. The second kappa shape index (κ2) is 7.13. The van der Waals surface area contributed by atoms with Crippen molar-refractivity contribution in [3.63, 3.8) is 0 Å². The first-order valence-electron chi connectivity index (χ1n) is 9.47. The van der Waals surface area contributed by atoms with Crippen molar-refractivity contribution in [3.8, 4) is 16.8 Å². The van der Waals surface area contributed by atoms with Crippen molar-refractivity contribution >= 4 is 34.7 Å². The van der Waals surface area contributed by atoms with Crippen molar-refractivity contribution in [1.29, 1.82) is 0 Å². The van der Waals surface area contributed by atoms with E-state index in [4.69, 9.17) is 0 Å². The molecule has 1 heterocycles. The van der Waals surface area contributed by atoms with Crippen LogP contribution < -0.4 is 5.30 Å². The molecule has 4 nitrogen and oxygen atoms in total. The number of rotatable bonds is 3. The lowest BCUT2D eigenvalue weighted by Crippen LogP contribution is -2.02. The predicted molar refractivity (Wildman–Crippen MR) is 118 cm³/mol. The average Bonchev–Trinajstić information content (AvgIpc) is 3.05. The molecule has 31 heavy (non-hydrogen) atoms. The molecule has 0 amide bonds. The molecule has 0 unspecified atom stereocenters. The zero-order chi connectivity index (χ0) is 21.8. The Bertz CT molecular complexity index is 1430. The van der Waals surface area contributed by atoms with Gasteiger partial charge in [-0.15, -0.1) is 0 Å². The molecule has 2 N–H and O–H groups in total. The van der Waals surface area contributed by atoms with Gasteiger partial charge in [0, 0.05) is 16.5 Å². The van der Waals surface area contributed by atoms with Gasteiger partial charge in [0.25, 0.3) is 0 Å². The highest BCUT2D eigenvalue weighted by Gasteiger charge is 2.17. The van der Waals surface area contributed by atoms with E-state index in [0.717, 1.165) is 27.6 Å². The van der Waals surface area contributed by atoms with Crippen LogP contribution in [0, 0.1) is 11.6 Å². The molecule has 0 saturated carbocycles. The van der Waals surface area contributed by atoms with E-state index in [2.05, 4.69) is 0 Å². The summed E-state index contributed by atoms with van der Waals surface area (Å²) in [4.78, 5) is 18.5. The molecular formula is C24H16F2NO3P. The normalized spacial score (nSPS) is 12.0. The lowest BCUT2D eigenvalue weighted by Gasteiger charge is -2.10. The maximum Gasteiger partial charge on any atom is 0.356 e. The zero-order valence-corrected chi connectivity index (χ0v) is 16.9. The molecule has 0 bridgehead atoms. The van der Waals surface area contributed by atoms with E-state index >= 15 is 0 Å². The molecule has 0 aliphatic heterocycles. The molecule has 0 aliphatic rings. The first-order chi connectivity index (χ1) is 14.8. The quantitative estimate of drug-likeness (QED) is 0.366. The first kappa shape index (κ1) is 19.6. The van der Waals surface area contributed by atoms with E-state index in [0.29, 0.717) is 11.0 Å². The molecule has 0 aliphatic carbocycles. The number of fused-ring (bicyclic) bond motifs is 3. The van der Waals surface area contributed by atoms with Crippen molar-refractivity contribution in [2.45, 2.75) is 0 Å². The Morgan fingerprint density at radius 3 is 1.55 bits per heavy atom. The number of nitrogens with zero attached hydrogens (tertiary/aromatic N) is 1. The Balaban J connectivity index is 1.63. The van der Waals surface area contributed by atoms with Crippen LogP contribution >= 0.6 is 7.60 Å². The lowest BCUT2D eigenvalue weighted by molar-refractivity contribution is 0.387. The summed E-state index contributed by atoms with van der Waals surface area (Å²) in [7, 11) is -4.29. The van der Waals surface area contributed by atoms with E-state index < -0.39 is 7.60 Å². The number of hydrogen-bond acceptors (Lipinski definition) is 1. The average molecular weight is 435 g/mol. The van der Waals surface area contributed by atoms with Crippen LogP contribution in [0.4, 0.5) is 8.78 Å². The van der Waals surface area contributed by atoms with E-state index in [1.165, 1.54) is 36.4 Å². The zero-order valence-electron chi connectivity index (χ0n) is 16.0. The third-order valence-corrected chi connectivity index (χ3v) is 6.32. The Labute approximate surface area is 176 Å². The molecular weight excluding hydrogens is 419 g/mol. The Morgan fingerprint density at radius 2 is 1.10 bits per heavy atom.